The largest absolute Gasteiger partial charge is 0.470 e. The molecule has 106 valence electrons. The Labute approximate surface area is 113 Å². The van der Waals surface area contributed by atoms with Crippen LogP contribution in [-0.4, -0.2) is 30.1 Å². The van der Waals surface area contributed by atoms with Crippen LogP contribution in [0.15, 0.2) is 12.1 Å². The Hall–Kier alpha value is -1.98. The Morgan fingerprint density at radius 3 is 2.68 bits per heavy atom. The topological polar surface area (TPSA) is 89.3 Å². The number of hydrogen-bond donors (Lipinski definition) is 3. The number of nitrogens with zero attached hydrogens (tertiary/aromatic N) is 1. The van der Waals surface area contributed by atoms with Crippen molar-refractivity contribution in [1.82, 2.24) is 10.3 Å². The van der Waals surface area contributed by atoms with Crippen molar-refractivity contribution >= 4 is 17.4 Å². The van der Waals surface area contributed by atoms with Gasteiger partial charge in [-0.3, -0.25) is 4.79 Å². The van der Waals surface area contributed by atoms with E-state index < -0.39 is 0 Å². The van der Waals surface area contributed by atoms with Crippen LogP contribution in [0, 0.1) is 0 Å². The molecule has 4 N–H and O–H groups in total. The fourth-order valence-electron chi connectivity index (χ4n) is 1.35. The summed E-state index contributed by atoms with van der Waals surface area (Å²) < 4.78 is 5.67. The SMILES string of the molecule is CNC(=O)CCNc1ccc(N)c(OC(C)(C)C)n1. The summed E-state index contributed by atoms with van der Waals surface area (Å²) in [5.41, 5.74) is 5.95. The quantitative estimate of drug-likeness (QED) is 0.749. The van der Waals surface area contributed by atoms with Gasteiger partial charge >= 0.3 is 0 Å². The van der Waals surface area contributed by atoms with Gasteiger partial charge in [-0.1, -0.05) is 0 Å². The highest BCUT2D eigenvalue weighted by Gasteiger charge is 2.15. The molecule has 0 aliphatic heterocycles. The number of nitrogens with two attached hydrogens (primary N) is 1. The van der Waals surface area contributed by atoms with E-state index in [1.165, 1.54) is 0 Å². The zero-order valence-corrected chi connectivity index (χ0v) is 11.9. The summed E-state index contributed by atoms with van der Waals surface area (Å²) in [6, 6.07) is 3.49. The number of amides is 1. The van der Waals surface area contributed by atoms with Crippen LogP contribution < -0.4 is 21.1 Å². The summed E-state index contributed by atoms with van der Waals surface area (Å²) >= 11 is 0. The Bertz CT molecular complexity index is 441. The summed E-state index contributed by atoms with van der Waals surface area (Å²) in [7, 11) is 1.61. The van der Waals surface area contributed by atoms with Crippen molar-refractivity contribution in [3.05, 3.63) is 12.1 Å². The van der Waals surface area contributed by atoms with Gasteiger partial charge in [0.1, 0.15) is 11.4 Å². The fraction of sp³-hybridized carbons (Fsp3) is 0.538. The first kappa shape index (κ1) is 15.1. The molecule has 0 radical (unpaired) electrons. The third-order valence-electron chi connectivity index (χ3n) is 2.23. The van der Waals surface area contributed by atoms with Gasteiger partial charge in [-0.25, -0.2) is 0 Å². The number of carbonyl (C=O) groups is 1. The molecular weight excluding hydrogens is 244 g/mol. The van der Waals surface area contributed by atoms with Crippen molar-refractivity contribution in [2.24, 2.45) is 0 Å². The van der Waals surface area contributed by atoms with Crippen LogP contribution in [0.5, 0.6) is 5.88 Å². The van der Waals surface area contributed by atoms with E-state index in [0.29, 0.717) is 30.4 Å². The monoisotopic (exact) mass is 266 g/mol. The lowest BCUT2D eigenvalue weighted by Crippen LogP contribution is -2.24. The van der Waals surface area contributed by atoms with E-state index in [1.807, 2.05) is 20.8 Å². The number of carbonyl (C=O) groups excluding carboxylic acids is 1. The molecule has 0 unspecified atom stereocenters. The fourth-order valence-corrected chi connectivity index (χ4v) is 1.35. The first-order valence-electron chi connectivity index (χ1n) is 6.22. The molecule has 0 saturated heterocycles. The Morgan fingerprint density at radius 2 is 2.11 bits per heavy atom. The number of hydrogen-bond acceptors (Lipinski definition) is 5. The van der Waals surface area contributed by atoms with E-state index in [0.717, 1.165) is 0 Å². The molecule has 0 aliphatic carbocycles. The van der Waals surface area contributed by atoms with E-state index in [2.05, 4.69) is 15.6 Å². The standard InChI is InChI=1S/C13H22N4O2/c1-13(2,3)19-12-9(14)5-6-10(17-12)16-8-7-11(18)15-4/h5-6H,7-8,14H2,1-4H3,(H,15,18)(H,16,17). The number of ether oxygens (including phenoxy) is 1. The Kier molecular flexibility index (Phi) is 4.97. The van der Waals surface area contributed by atoms with E-state index in [9.17, 15) is 4.79 Å². The van der Waals surface area contributed by atoms with Crippen molar-refractivity contribution in [1.29, 1.82) is 0 Å². The molecule has 1 aromatic rings. The minimum atomic E-state index is -0.359. The molecule has 19 heavy (non-hydrogen) atoms. The smallest absolute Gasteiger partial charge is 0.239 e. The predicted molar refractivity (Wildman–Crippen MR) is 76.2 cm³/mol. The normalized spacial score (nSPS) is 10.9. The average molecular weight is 266 g/mol. The second kappa shape index (κ2) is 6.26. The third-order valence-corrected chi connectivity index (χ3v) is 2.23. The molecule has 6 heteroatoms. The number of nitrogen functional groups attached to an aromatic ring is 1. The molecule has 6 nitrogen and oxygen atoms in total. The molecule has 0 fully saturated rings. The van der Waals surface area contributed by atoms with Crippen molar-refractivity contribution < 1.29 is 9.53 Å². The second-order valence-electron chi connectivity index (χ2n) is 5.16. The molecule has 0 bridgehead atoms. The lowest BCUT2D eigenvalue weighted by Gasteiger charge is -2.21. The summed E-state index contributed by atoms with van der Waals surface area (Å²) in [4.78, 5) is 15.4. The molecule has 1 rings (SSSR count). The first-order chi connectivity index (χ1) is 8.81. The van der Waals surface area contributed by atoms with Crippen molar-refractivity contribution in [2.45, 2.75) is 32.8 Å². The Balaban J connectivity index is 2.65. The zero-order valence-electron chi connectivity index (χ0n) is 11.9. The molecule has 0 aliphatic rings. The van der Waals surface area contributed by atoms with Crippen LogP contribution in [0.25, 0.3) is 0 Å². The molecule has 0 atom stereocenters. The molecule has 0 saturated carbocycles. The van der Waals surface area contributed by atoms with Gasteiger partial charge in [0, 0.05) is 20.0 Å². The number of aromatic nitrogens is 1. The molecule has 1 aromatic heterocycles. The maximum atomic E-state index is 11.1. The summed E-state index contributed by atoms with van der Waals surface area (Å²) in [6.45, 7) is 6.30. The lowest BCUT2D eigenvalue weighted by molar-refractivity contribution is -0.120. The van der Waals surface area contributed by atoms with E-state index in [-0.39, 0.29) is 11.5 Å². The van der Waals surface area contributed by atoms with Gasteiger partial charge in [-0.15, -0.1) is 0 Å². The van der Waals surface area contributed by atoms with Crippen LogP contribution in [0.4, 0.5) is 11.5 Å². The predicted octanol–water partition coefficient (Wildman–Crippen LogP) is 1.39. The van der Waals surface area contributed by atoms with Crippen LogP contribution in [0.2, 0.25) is 0 Å². The van der Waals surface area contributed by atoms with Crippen molar-refractivity contribution in [3.8, 4) is 5.88 Å². The van der Waals surface area contributed by atoms with Crippen LogP contribution in [0.3, 0.4) is 0 Å². The average Bonchev–Trinajstić information content (AvgIpc) is 2.31. The number of pyridine rings is 1. The molecule has 1 heterocycles. The highest BCUT2D eigenvalue weighted by molar-refractivity contribution is 5.76. The highest BCUT2D eigenvalue weighted by Crippen LogP contribution is 2.24. The van der Waals surface area contributed by atoms with Gasteiger partial charge in [0.2, 0.25) is 11.8 Å². The maximum absolute atomic E-state index is 11.1. The van der Waals surface area contributed by atoms with Gasteiger partial charge < -0.3 is 21.1 Å². The van der Waals surface area contributed by atoms with Crippen molar-refractivity contribution in [2.75, 3.05) is 24.6 Å². The van der Waals surface area contributed by atoms with Gasteiger partial charge in [0.25, 0.3) is 0 Å². The van der Waals surface area contributed by atoms with Gasteiger partial charge in [0.15, 0.2) is 0 Å². The van der Waals surface area contributed by atoms with Gasteiger partial charge in [0.05, 0.1) is 5.69 Å². The summed E-state index contributed by atoms with van der Waals surface area (Å²) in [5.74, 6) is 1.02. The number of anilines is 2. The summed E-state index contributed by atoms with van der Waals surface area (Å²) in [5, 5.41) is 5.61. The number of nitrogens with one attached hydrogen (secondary N) is 2. The van der Waals surface area contributed by atoms with E-state index in [1.54, 1.807) is 19.2 Å². The van der Waals surface area contributed by atoms with Gasteiger partial charge in [-0.05, 0) is 32.9 Å². The minimum absolute atomic E-state index is 0.0193. The first-order valence-corrected chi connectivity index (χ1v) is 6.22. The van der Waals surface area contributed by atoms with Crippen LogP contribution in [0.1, 0.15) is 27.2 Å². The molecule has 1 amide bonds. The van der Waals surface area contributed by atoms with E-state index >= 15 is 0 Å². The van der Waals surface area contributed by atoms with Gasteiger partial charge in [-0.2, -0.15) is 4.98 Å². The van der Waals surface area contributed by atoms with E-state index in [4.69, 9.17) is 10.5 Å². The zero-order chi connectivity index (χ0) is 14.5. The highest BCUT2D eigenvalue weighted by atomic mass is 16.5. The lowest BCUT2D eigenvalue weighted by atomic mass is 10.2. The second-order valence-corrected chi connectivity index (χ2v) is 5.16. The van der Waals surface area contributed by atoms with Crippen molar-refractivity contribution in [3.63, 3.8) is 0 Å². The van der Waals surface area contributed by atoms with Crippen LogP contribution in [-0.2, 0) is 4.79 Å². The summed E-state index contributed by atoms with van der Waals surface area (Å²) in [6.07, 6.45) is 0.387. The molecule has 0 aromatic carbocycles. The van der Waals surface area contributed by atoms with Crippen LogP contribution >= 0.6 is 0 Å². The molecular formula is C13H22N4O2. The Morgan fingerprint density at radius 1 is 1.42 bits per heavy atom. The minimum Gasteiger partial charge on any atom is -0.470 e. The molecule has 0 spiro atoms. The third kappa shape index (κ3) is 5.46. The number of rotatable bonds is 5. The maximum Gasteiger partial charge on any atom is 0.239 e.